The molecule has 0 spiro atoms. The van der Waals surface area contributed by atoms with Gasteiger partial charge in [-0.2, -0.15) is 0 Å². The van der Waals surface area contributed by atoms with Gasteiger partial charge in [-0.25, -0.2) is 0 Å². The van der Waals surface area contributed by atoms with E-state index >= 15 is 0 Å². The highest BCUT2D eigenvalue weighted by molar-refractivity contribution is 4.97. The van der Waals surface area contributed by atoms with E-state index in [9.17, 15) is 5.11 Å². The second-order valence-corrected chi connectivity index (χ2v) is 4.55. The van der Waals surface area contributed by atoms with Gasteiger partial charge in [-0.3, -0.25) is 0 Å². The lowest BCUT2D eigenvalue weighted by molar-refractivity contribution is -0.0206. The van der Waals surface area contributed by atoms with Gasteiger partial charge in [0.15, 0.2) is 0 Å². The zero-order valence-electron chi connectivity index (χ0n) is 7.75. The molecule has 0 bridgehead atoms. The first-order chi connectivity index (χ1) is 5.72. The minimum absolute atomic E-state index is 0.0681. The highest BCUT2D eigenvalue weighted by atomic mass is 16.5. The molecular formula is C10H18O2. The van der Waals surface area contributed by atoms with Crippen LogP contribution in [0.5, 0.6) is 0 Å². The summed E-state index contributed by atoms with van der Waals surface area (Å²) in [6.07, 6.45) is 4.46. The van der Waals surface area contributed by atoms with Crippen molar-refractivity contribution in [2.75, 3.05) is 13.2 Å². The van der Waals surface area contributed by atoms with E-state index in [1.165, 1.54) is 12.8 Å². The first kappa shape index (κ1) is 8.52. The van der Waals surface area contributed by atoms with E-state index < -0.39 is 0 Å². The van der Waals surface area contributed by atoms with Crippen LogP contribution in [0.15, 0.2) is 0 Å². The molecule has 1 aliphatic heterocycles. The maximum atomic E-state index is 10.0. The van der Waals surface area contributed by atoms with Crippen molar-refractivity contribution in [3.63, 3.8) is 0 Å². The summed E-state index contributed by atoms with van der Waals surface area (Å²) in [5.41, 5.74) is 0.266. The SMILES string of the molecule is CC1(C(O)C2CCOCC2)CC1. The molecule has 1 aliphatic carbocycles. The molecule has 0 aromatic heterocycles. The number of ether oxygens (including phenoxy) is 1. The van der Waals surface area contributed by atoms with Crippen molar-refractivity contribution in [1.29, 1.82) is 0 Å². The topological polar surface area (TPSA) is 29.5 Å². The minimum atomic E-state index is -0.0681. The van der Waals surface area contributed by atoms with Gasteiger partial charge in [0.05, 0.1) is 6.10 Å². The number of aliphatic hydroxyl groups is 1. The minimum Gasteiger partial charge on any atom is -0.392 e. The largest absolute Gasteiger partial charge is 0.392 e. The van der Waals surface area contributed by atoms with Gasteiger partial charge in [-0.1, -0.05) is 6.92 Å². The van der Waals surface area contributed by atoms with E-state index in [-0.39, 0.29) is 11.5 Å². The van der Waals surface area contributed by atoms with Crippen LogP contribution in [0, 0.1) is 11.3 Å². The normalized spacial score (nSPS) is 31.5. The van der Waals surface area contributed by atoms with Crippen LogP contribution in [0.3, 0.4) is 0 Å². The molecule has 2 aliphatic rings. The van der Waals surface area contributed by atoms with Crippen molar-refractivity contribution >= 4 is 0 Å². The van der Waals surface area contributed by atoms with Gasteiger partial charge in [-0.15, -0.1) is 0 Å². The van der Waals surface area contributed by atoms with Crippen LogP contribution in [0.1, 0.15) is 32.6 Å². The average molecular weight is 170 g/mol. The third-order valence-electron chi connectivity index (χ3n) is 3.47. The summed E-state index contributed by atoms with van der Waals surface area (Å²) >= 11 is 0. The van der Waals surface area contributed by atoms with Gasteiger partial charge in [0.25, 0.3) is 0 Å². The average Bonchev–Trinajstić information content (AvgIpc) is 2.85. The molecule has 1 heterocycles. The number of aliphatic hydroxyl groups excluding tert-OH is 1. The molecule has 0 aromatic carbocycles. The van der Waals surface area contributed by atoms with Crippen LogP contribution in [0.25, 0.3) is 0 Å². The van der Waals surface area contributed by atoms with Crippen molar-refractivity contribution in [2.45, 2.75) is 38.7 Å². The summed E-state index contributed by atoms with van der Waals surface area (Å²) in [4.78, 5) is 0. The van der Waals surface area contributed by atoms with Crippen molar-refractivity contribution in [3.8, 4) is 0 Å². The fraction of sp³-hybridized carbons (Fsp3) is 1.00. The van der Waals surface area contributed by atoms with Crippen LogP contribution in [-0.4, -0.2) is 24.4 Å². The van der Waals surface area contributed by atoms with Crippen molar-refractivity contribution in [1.82, 2.24) is 0 Å². The van der Waals surface area contributed by atoms with Gasteiger partial charge >= 0.3 is 0 Å². The van der Waals surface area contributed by atoms with Gasteiger partial charge in [0.1, 0.15) is 0 Å². The molecule has 1 N–H and O–H groups in total. The fourth-order valence-electron chi connectivity index (χ4n) is 2.09. The van der Waals surface area contributed by atoms with E-state index in [0.29, 0.717) is 5.92 Å². The fourth-order valence-corrected chi connectivity index (χ4v) is 2.09. The van der Waals surface area contributed by atoms with E-state index in [0.717, 1.165) is 26.1 Å². The van der Waals surface area contributed by atoms with Crippen molar-refractivity contribution in [2.24, 2.45) is 11.3 Å². The Morgan fingerprint density at radius 1 is 1.33 bits per heavy atom. The molecular weight excluding hydrogens is 152 g/mol. The molecule has 2 rings (SSSR count). The van der Waals surface area contributed by atoms with Crippen molar-refractivity contribution < 1.29 is 9.84 Å². The number of hydrogen-bond acceptors (Lipinski definition) is 2. The Kier molecular flexibility index (Phi) is 2.13. The molecule has 0 aromatic rings. The maximum Gasteiger partial charge on any atom is 0.0623 e. The second kappa shape index (κ2) is 3.00. The van der Waals surface area contributed by atoms with Crippen LogP contribution >= 0.6 is 0 Å². The van der Waals surface area contributed by atoms with Gasteiger partial charge in [0.2, 0.25) is 0 Å². The van der Waals surface area contributed by atoms with Gasteiger partial charge < -0.3 is 9.84 Å². The lowest BCUT2D eigenvalue weighted by Gasteiger charge is -2.30. The molecule has 0 radical (unpaired) electrons. The third-order valence-corrected chi connectivity index (χ3v) is 3.47. The predicted octanol–water partition coefficient (Wildman–Crippen LogP) is 1.57. The summed E-state index contributed by atoms with van der Waals surface area (Å²) < 4.78 is 5.27. The molecule has 70 valence electrons. The van der Waals surface area contributed by atoms with Crippen LogP contribution in [0.4, 0.5) is 0 Å². The Labute approximate surface area is 73.9 Å². The van der Waals surface area contributed by atoms with E-state index in [4.69, 9.17) is 4.74 Å². The van der Waals surface area contributed by atoms with Crippen LogP contribution in [-0.2, 0) is 4.74 Å². The highest BCUT2D eigenvalue weighted by Gasteiger charge is 2.47. The summed E-state index contributed by atoms with van der Waals surface area (Å²) in [5, 5.41) is 10.0. The lowest BCUT2D eigenvalue weighted by Crippen LogP contribution is -2.33. The van der Waals surface area contributed by atoms with Crippen LogP contribution in [0.2, 0.25) is 0 Å². The predicted molar refractivity (Wildman–Crippen MR) is 46.9 cm³/mol. The maximum absolute atomic E-state index is 10.0. The Balaban J connectivity index is 1.89. The van der Waals surface area contributed by atoms with Gasteiger partial charge in [-0.05, 0) is 37.0 Å². The zero-order chi connectivity index (χ0) is 8.60. The second-order valence-electron chi connectivity index (χ2n) is 4.55. The smallest absolute Gasteiger partial charge is 0.0623 e. The molecule has 1 saturated heterocycles. The third kappa shape index (κ3) is 1.50. The Morgan fingerprint density at radius 3 is 2.42 bits per heavy atom. The van der Waals surface area contributed by atoms with Gasteiger partial charge in [0, 0.05) is 13.2 Å². The molecule has 1 unspecified atom stereocenters. The molecule has 1 atom stereocenters. The zero-order valence-corrected chi connectivity index (χ0v) is 7.75. The van der Waals surface area contributed by atoms with Crippen LogP contribution < -0.4 is 0 Å². The first-order valence-corrected chi connectivity index (χ1v) is 4.98. The van der Waals surface area contributed by atoms with E-state index in [1.807, 2.05) is 0 Å². The highest BCUT2D eigenvalue weighted by Crippen LogP contribution is 2.51. The number of hydrogen-bond donors (Lipinski definition) is 1. The Bertz CT molecular complexity index is 157. The lowest BCUT2D eigenvalue weighted by atomic mass is 9.85. The van der Waals surface area contributed by atoms with E-state index in [2.05, 4.69) is 6.92 Å². The molecule has 12 heavy (non-hydrogen) atoms. The van der Waals surface area contributed by atoms with E-state index in [1.54, 1.807) is 0 Å². The Morgan fingerprint density at radius 2 is 1.92 bits per heavy atom. The standard InChI is InChI=1S/C10H18O2/c1-10(4-5-10)9(11)8-2-6-12-7-3-8/h8-9,11H,2-7H2,1H3. The summed E-state index contributed by atoms with van der Waals surface area (Å²) in [5.74, 6) is 0.506. The molecule has 2 fully saturated rings. The summed E-state index contributed by atoms with van der Waals surface area (Å²) in [6, 6.07) is 0. The molecule has 2 nitrogen and oxygen atoms in total. The first-order valence-electron chi connectivity index (χ1n) is 4.98. The quantitative estimate of drug-likeness (QED) is 0.681. The number of rotatable bonds is 2. The Hall–Kier alpha value is -0.0800. The summed E-state index contributed by atoms with van der Waals surface area (Å²) in [7, 11) is 0. The molecule has 0 amide bonds. The monoisotopic (exact) mass is 170 g/mol. The molecule has 2 heteroatoms. The molecule has 1 saturated carbocycles. The summed E-state index contributed by atoms with van der Waals surface area (Å²) in [6.45, 7) is 3.89. The van der Waals surface area contributed by atoms with Crippen molar-refractivity contribution in [3.05, 3.63) is 0 Å².